The summed E-state index contributed by atoms with van der Waals surface area (Å²) in [6, 6.07) is 5.98. The third-order valence-corrected chi connectivity index (χ3v) is 2.86. The van der Waals surface area contributed by atoms with Crippen LogP contribution >= 0.6 is 11.3 Å². The molecule has 0 unspecified atom stereocenters. The first-order chi connectivity index (χ1) is 7.77. The summed E-state index contributed by atoms with van der Waals surface area (Å²) in [5, 5.41) is 0. The molecular weight excluding hydrogens is 218 g/mol. The Morgan fingerprint density at radius 2 is 2.06 bits per heavy atom. The summed E-state index contributed by atoms with van der Waals surface area (Å²) in [6.07, 6.45) is 5.73. The van der Waals surface area contributed by atoms with Crippen LogP contribution in [-0.2, 0) is 0 Å². The van der Waals surface area contributed by atoms with Gasteiger partial charge in [-0.2, -0.15) is 0 Å². The number of nitrogens with zero attached hydrogens (tertiary/aromatic N) is 3. The quantitative estimate of drug-likeness (QED) is 0.595. The first-order valence-electron chi connectivity index (χ1n) is 5.01. The first-order valence-corrected chi connectivity index (χ1v) is 5.89. The molecular formula is C12H13N3S. The second-order valence-corrected chi connectivity index (χ2v) is 4.53. The number of imidazole rings is 1. The third kappa shape index (κ3) is 2.46. The number of rotatable bonds is 0. The van der Waals surface area contributed by atoms with Gasteiger partial charge in [0, 0.05) is 29.2 Å². The molecule has 0 aromatic carbocycles. The van der Waals surface area contributed by atoms with E-state index in [9.17, 15) is 0 Å². The van der Waals surface area contributed by atoms with Crippen LogP contribution in [0, 0.1) is 13.8 Å². The molecule has 0 N–H and O–H groups in total. The second-order valence-electron chi connectivity index (χ2n) is 3.44. The van der Waals surface area contributed by atoms with Gasteiger partial charge >= 0.3 is 0 Å². The Hall–Kier alpha value is -1.68. The van der Waals surface area contributed by atoms with E-state index in [-0.39, 0.29) is 0 Å². The topological polar surface area (TPSA) is 30.2 Å². The predicted octanol–water partition coefficient (Wildman–Crippen LogP) is 3.09. The molecule has 82 valence electrons. The number of hydrogen-bond acceptors (Lipinski definition) is 3. The maximum absolute atomic E-state index is 4.18. The normalized spacial score (nSPS) is 9.88. The van der Waals surface area contributed by atoms with Crippen LogP contribution in [0.25, 0.3) is 5.65 Å². The monoisotopic (exact) mass is 231 g/mol. The molecule has 16 heavy (non-hydrogen) atoms. The zero-order valence-electron chi connectivity index (χ0n) is 9.29. The Morgan fingerprint density at radius 3 is 2.62 bits per heavy atom. The van der Waals surface area contributed by atoms with Crippen LogP contribution in [0.4, 0.5) is 0 Å². The van der Waals surface area contributed by atoms with Crippen LogP contribution in [0.5, 0.6) is 0 Å². The third-order valence-electron chi connectivity index (χ3n) is 2.16. The van der Waals surface area contributed by atoms with E-state index in [2.05, 4.69) is 14.4 Å². The number of thiazole rings is 1. The zero-order valence-corrected chi connectivity index (χ0v) is 10.1. The number of hydrogen-bond donors (Lipinski definition) is 0. The van der Waals surface area contributed by atoms with Crippen LogP contribution in [0.15, 0.2) is 42.3 Å². The van der Waals surface area contributed by atoms with Crippen LogP contribution in [0.2, 0.25) is 0 Å². The highest BCUT2D eigenvalue weighted by molar-refractivity contribution is 7.09. The SMILES string of the molecule is Cc1cnc2ccccn12.Cc1cncs1. The summed E-state index contributed by atoms with van der Waals surface area (Å²) >= 11 is 1.67. The van der Waals surface area contributed by atoms with Gasteiger partial charge in [0.1, 0.15) is 5.65 Å². The van der Waals surface area contributed by atoms with Crippen LogP contribution in [-0.4, -0.2) is 14.4 Å². The molecule has 0 atom stereocenters. The van der Waals surface area contributed by atoms with Gasteiger partial charge < -0.3 is 4.40 Å². The van der Waals surface area contributed by atoms with E-state index >= 15 is 0 Å². The van der Waals surface area contributed by atoms with Crippen molar-refractivity contribution in [1.29, 1.82) is 0 Å². The lowest BCUT2D eigenvalue weighted by Gasteiger charge is -1.91. The lowest BCUT2D eigenvalue weighted by molar-refractivity contribution is 1.11. The summed E-state index contributed by atoms with van der Waals surface area (Å²) in [4.78, 5) is 9.29. The largest absolute Gasteiger partial charge is 0.304 e. The average molecular weight is 231 g/mol. The summed E-state index contributed by atoms with van der Waals surface area (Å²) in [5.41, 5.74) is 4.02. The minimum absolute atomic E-state index is 1.01. The number of aryl methyl sites for hydroxylation is 2. The van der Waals surface area contributed by atoms with Gasteiger partial charge in [0.05, 0.1) is 5.51 Å². The van der Waals surface area contributed by atoms with Crippen molar-refractivity contribution >= 4 is 17.0 Å². The Morgan fingerprint density at radius 1 is 1.19 bits per heavy atom. The molecule has 3 aromatic heterocycles. The Balaban J connectivity index is 0.000000138. The fourth-order valence-corrected chi connectivity index (χ4v) is 1.75. The number of aromatic nitrogens is 3. The molecule has 0 saturated heterocycles. The average Bonchev–Trinajstić information content (AvgIpc) is 2.91. The molecule has 4 heteroatoms. The molecule has 0 bridgehead atoms. The highest BCUT2D eigenvalue weighted by Crippen LogP contribution is 2.03. The van der Waals surface area contributed by atoms with E-state index in [1.54, 1.807) is 11.3 Å². The lowest BCUT2D eigenvalue weighted by atomic mass is 10.4. The maximum atomic E-state index is 4.18. The van der Waals surface area contributed by atoms with Crippen LogP contribution in [0.1, 0.15) is 10.6 Å². The minimum atomic E-state index is 1.01. The van der Waals surface area contributed by atoms with E-state index in [0.717, 1.165) is 5.65 Å². The van der Waals surface area contributed by atoms with Gasteiger partial charge in [-0.3, -0.25) is 4.98 Å². The molecule has 0 saturated carbocycles. The molecule has 0 spiro atoms. The van der Waals surface area contributed by atoms with Crippen molar-refractivity contribution < 1.29 is 0 Å². The van der Waals surface area contributed by atoms with Crippen molar-refractivity contribution in [3.8, 4) is 0 Å². The minimum Gasteiger partial charge on any atom is -0.304 e. The van der Waals surface area contributed by atoms with Crippen LogP contribution in [0.3, 0.4) is 0 Å². The molecule has 0 fully saturated rings. The predicted molar refractivity (Wildman–Crippen MR) is 66.8 cm³/mol. The van der Waals surface area contributed by atoms with Crippen molar-refractivity contribution in [3.63, 3.8) is 0 Å². The van der Waals surface area contributed by atoms with Gasteiger partial charge in [0.25, 0.3) is 0 Å². The van der Waals surface area contributed by atoms with Crippen molar-refractivity contribution in [3.05, 3.63) is 52.9 Å². The fraction of sp³-hybridized carbons (Fsp3) is 0.167. The fourth-order valence-electron chi connectivity index (χ4n) is 1.34. The summed E-state index contributed by atoms with van der Waals surface area (Å²) in [6.45, 7) is 4.08. The molecule has 3 nitrogen and oxygen atoms in total. The molecule has 0 aliphatic rings. The highest BCUT2D eigenvalue weighted by atomic mass is 32.1. The molecule has 3 heterocycles. The summed E-state index contributed by atoms with van der Waals surface area (Å²) in [5.74, 6) is 0. The van der Waals surface area contributed by atoms with Crippen molar-refractivity contribution in [2.45, 2.75) is 13.8 Å². The lowest BCUT2D eigenvalue weighted by Crippen LogP contribution is -1.83. The zero-order chi connectivity index (χ0) is 11.4. The summed E-state index contributed by atoms with van der Waals surface area (Å²) < 4.78 is 2.06. The molecule has 0 radical (unpaired) electrons. The molecule has 3 aromatic rings. The Labute approximate surface area is 98.4 Å². The molecule has 0 aliphatic carbocycles. The highest BCUT2D eigenvalue weighted by Gasteiger charge is 1.93. The van der Waals surface area contributed by atoms with Gasteiger partial charge in [0.15, 0.2) is 0 Å². The van der Waals surface area contributed by atoms with Crippen molar-refractivity contribution in [1.82, 2.24) is 14.4 Å². The smallest absolute Gasteiger partial charge is 0.136 e. The molecule has 0 aliphatic heterocycles. The maximum Gasteiger partial charge on any atom is 0.136 e. The number of pyridine rings is 1. The van der Waals surface area contributed by atoms with Crippen molar-refractivity contribution in [2.75, 3.05) is 0 Å². The first kappa shape index (κ1) is 10.8. The Kier molecular flexibility index (Phi) is 3.31. The Bertz CT molecular complexity index is 554. The molecule has 0 amide bonds. The van der Waals surface area contributed by atoms with E-state index in [0.29, 0.717) is 0 Å². The van der Waals surface area contributed by atoms with E-state index < -0.39 is 0 Å². The van der Waals surface area contributed by atoms with E-state index in [4.69, 9.17) is 0 Å². The van der Waals surface area contributed by atoms with Crippen LogP contribution < -0.4 is 0 Å². The van der Waals surface area contributed by atoms with Gasteiger partial charge in [-0.1, -0.05) is 6.07 Å². The van der Waals surface area contributed by atoms with Crippen molar-refractivity contribution in [2.24, 2.45) is 0 Å². The van der Waals surface area contributed by atoms with E-state index in [1.165, 1.54) is 10.6 Å². The van der Waals surface area contributed by atoms with Gasteiger partial charge in [-0.05, 0) is 26.0 Å². The van der Waals surface area contributed by atoms with Gasteiger partial charge in [0.2, 0.25) is 0 Å². The standard InChI is InChI=1S/C8H8N2.C4H5NS/c1-7-6-9-8-4-2-3-5-10(7)8;1-4-2-5-3-6-4/h2-6H,1H3;2-3H,1H3. The number of fused-ring (bicyclic) bond motifs is 1. The van der Waals surface area contributed by atoms with Gasteiger partial charge in [-0.25, -0.2) is 4.98 Å². The summed E-state index contributed by atoms with van der Waals surface area (Å²) in [7, 11) is 0. The van der Waals surface area contributed by atoms with Gasteiger partial charge in [-0.15, -0.1) is 11.3 Å². The molecule has 3 rings (SSSR count). The second kappa shape index (κ2) is 4.90. The van der Waals surface area contributed by atoms with E-state index in [1.807, 2.05) is 56.1 Å².